The highest BCUT2D eigenvalue weighted by molar-refractivity contribution is 6.30. The molecule has 2 aromatic rings. The Balaban J connectivity index is 2.50. The Morgan fingerprint density at radius 2 is 1.77 bits per heavy atom. The van der Waals surface area contributed by atoms with E-state index in [0.717, 1.165) is 0 Å². The van der Waals surface area contributed by atoms with E-state index in [1.165, 1.54) is 42.5 Å². The Morgan fingerprint density at radius 1 is 1.14 bits per heavy atom. The molecule has 7 heteroatoms. The fraction of sp³-hybridized carbons (Fsp3) is 0.0667. The highest BCUT2D eigenvalue weighted by Crippen LogP contribution is 2.24. The lowest BCUT2D eigenvalue weighted by atomic mass is 9.98. The van der Waals surface area contributed by atoms with E-state index in [4.69, 9.17) is 17.3 Å². The molecule has 0 spiro atoms. The highest BCUT2D eigenvalue weighted by atomic mass is 35.5. The van der Waals surface area contributed by atoms with Gasteiger partial charge in [-0.1, -0.05) is 17.7 Å². The lowest BCUT2D eigenvalue weighted by Crippen LogP contribution is -2.14. The largest absolute Gasteiger partial charge is 0.369 e. The number of halogens is 1. The predicted octanol–water partition coefficient (Wildman–Crippen LogP) is 2.51. The molecule has 2 aromatic carbocycles. The number of hydrogen-bond donors (Lipinski definition) is 1. The van der Waals surface area contributed by atoms with Crippen LogP contribution in [0.25, 0.3) is 0 Å². The maximum atomic E-state index is 12.5. The Labute approximate surface area is 130 Å². The summed E-state index contributed by atoms with van der Waals surface area (Å²) in [5.74, 6) is -1.10. The van der Waals surface area contributed by atoms with Crippen LogP contribution in [0.4, 0.5) is 5.69 Å². The summed E-state index contributed by atoms with van der Waals surface area (Å²) in [6, 6.07) is 9.93. The van der Waals surface area contributed by atoms with Gasteiger partial charge in [-0.25, -0.2) is 0 Å². The van der Waals surface area contributed by atoms with Gasteiger partial charge in [-0.3, -0.25) is 19.7 Å². The average Bonchev–Trinajstić information content (AvgIpc) is 2.46. The first-order valence-corrected chi connectivity index (χ1v) is 6.62. The van der Waals surface area contributed by atoms with Crippen LogP contribution in [0.15, 0.2) is 42.5 Å². The topological polar surface area (TPSA) is 103 Å². The first-order valence-electron chi connectivity index (χ1n) is 6.24. The van der Waals surface area contributed by atoms with E-state index >= 15 is 0 Å². The van der Waals surface area contributed by atoms with Crippen LogP contribution in [0, 0.1) is 10.1 Å². The van der Waals surface area contributed by atoms with E-state index in [-0.39, 0.29) is 23.2 Å². The number of nitrogens with zero attached hydrogens (tertiary/aromatic N) is 1. The van der Waals surface area contributed by atoms with Gasteiger partial charge >= 0.3 is 0 Å². The molecule has 0 aliphatic carbocycles. The molecule has 0 aliphatic rings. The van der Waals surface area contributed by atoms with Crippen molar-refractivity contribution < 1.29 is 14.5 Å². The zero-order valence-electron chi connectivity index (χ0n) is 11.3. The Morgan fingerprint density at radius 3 is 2.32 bits per heavy atom. The molecule has 2 N–H and O–H groups in total. The summed E-state index contributed by atoms with van der Waals surface area (Å²) in [4.78, 5) is 33.9. The molecule has 112 valence electrons. The highest BCUT2D eigenvalue weighted by Gasteiger charge is 2.22. The fourth-order valence-electron chi connectivity index (χ4n) is 1.99. The number of carbonyl (C=O) groups is 2. The molecular weight excluding hydrogens is 308 g/mol. The van der Waals surface area contributed by atoms with Crippen LogP contribution in [0.5, 0.6) is 0 Å². The monoisotopic (exact) mass is 318 g/mol. The molecule has 0 aliphatic heterocycles. The average molecular weight is 319 g/mol. The number of benzene rings is 2. The molecule has 0 atom stereocenters. The van der Waals surface area contributed by atoms with Gasteiger partial charge in [0.15, 0.2) is 5.78 Å². The molecule has 0 fully saturated rings. The predicted molar refractivity (Wildman–Crippen MR) is 80.9 cm³/mol. The number of ketones is 1. The summed E-state index contributed by atoms with van der Waals surface area (Å²) >= 11 is 5.76. The third kappa shape index (κ3) is 3.48. The van der Waals surface area contributed by atoms with Gasteiger partial charge in [0.1, 0.15) is 5.56 Å². The normalized spacial score (nSPS) is 10.2. The lowest BCUT2D eigenvalue weighted by molar-refractivity contribution is -0.385. The number of nitrogens with two attached hydrogens (primary N) is 1. The molecular formula is C15H11ClN2O4. The van der Waals surface area contributed by atoms with E-state index in [9.17, 15) is 19.7 Å². The van der Waals surface area contributed by atoms with E-state index in [2.05, 4.69) is 0 Å². The molecule has 22 heavy (non-hydrogen) atoms. The van der Waals surface area contributed by atoms with E-state index in [1.54, 1.807) is 0 Å². The van der Waals surface area contributed by atoms with E-state index in [0.29, 0.717) is 10.6 Å². The number of amides is 1. The number of nitro groups is 1. The summed E-state index contributed by atoms with van der Waals surface area (Å²) in [6.45, 7) is 0. The second-order valence-corrected chi connectivity index (χ2v) is 5.02. The minimum Gasteiger partial charge on any atom is -0.369 e. The number of hydrogen-bond acceptors (Lipinski definition) is 4. The van der Waals surface area contributed by atoms with Gasteiger partial charge in [0, 0.05) is 16.7 Å². The quantitative estimate of drug-likeness (QED) is 0.519. The van der Waals surface area contributed by atoms with Crippen molar-refractivity contribution in [1.29, 1.82) is 0 Å². The first kappa shape index (κ1) is 15.7. The van der Waals surface area contributed by atoms with Crippen LogP contribution in [0.3, 0.4) is 0 Å². The molecule has 0 heterocycles. The molecule has 1 amide bonds. The second kappa shape index (κ2) is 6.36. The van der Waals surface area contributed by atoms with Gasteiger partial charge in [-0.2, -0.15) is 0 Å². The van der Waals surface area contributed by atoms with Crippen LogP contribution in [0.1, 0.15) is 21.5 Å². The standard InChI is InChI=1S/C15H11ClN2O4/c16-11-4-2-10(3-5-11)15(20)12-7-9(8-14(17)19)1-6-13(12)18(21)22/h1-7H,8H2,(H2,17,19). The van der Waals surface area contributed by atoms with E-state index in [1.807, 2.05) is 0 Å². The van der Waals surface area contributed by atoms with Crippen molar-refractivity contribution >= 4 is 29.0 Å². The van der Waals surface area contributed by atoms with Crippen LogP contribution in [-0.2, 0) is 11.2 Å². The van der Waals surface area contributed by atoms with Gasteiger partial charge in [-0.05, 0) is 35.9 Å². The van der Waals surface area contributed by atoms with Crippen molar-refractivity contribution in [3.63, 3.8) is 0 Å². The number of primary amides is 1. The summed E-state index contributed by atoms with van der Waals surface area (Å²) in [5.41, 5.74) is 5.39. The van der Waals surface area contributed by atoms with Gasteiger partial charge in [-0.15, -0.1) is 0 Å². The van der Waals surface area contributed by atoms with Crippen molar-refractivity contribution in [3.05, 3.63) is 74.3 Å². The maximum absolute atomic E-state index is 12.5. The van der Waals surface area contributed by atoms with Crippen molar-refractivity contribution in [3.8, 4) is 0 Å². The molecule has 0 aromatic heterocycles. The number of carbonyl (C=O) groups excluding carboxylic acids is 2. The Bertz CT molecular complexity index is 757. The zero-order chi connectivity index (χ0) is 16.3. The van der Waals surface area contributed by atoms with Crippen molar-refractivity contribution in [1.82, 2.24) is 0 Å². The third-order valence-corrected chi connectivity index (χ3v) is 3.24. The fourth-order valence-corrected chi connectivity index (χ4v) is 2.12. The summed E-state index contributed by atoms with van der Waals surface area (Å²) in [5, 5.41) is 11.5. The minimum absolute atomic E-state index is 0.0916. The summed E-state index contributed by atoms with van der Waals surface area (Å²) < 4.78 is 0. The van der Waals surface area contributed by atoms with E-state index < -0.39 is 16.6 Å². The number of nitro benzene ring substituents is 1. The third-order valence-electron chi connectivity index (χ3n) is 2.99. The molecule has 0 saturated carbocycles. The van der Waals surface area contributed by atoms with Crippen LogP contribution >= 0.6 is 11.6 Å². The van der Waals surface area contributed by atoms with Crippen molar-refractivity contribution in [2.24, 2.45) is 5.73 Å². The van der Waals surface area contributed by atoms with Crippen LogP contribution in [-0.4, -0.2) is 16.6 Å². The number of rotatable bonds is 5. The molecule has 0 saturated heterocycles. The maximum Gasteiger partial charge on any atom is 0.280 e. The van der Waals surface area contributed by atoms with Gasteiger partial charge in [0.25, 0.3) is 5.69 Å². The van der Waals surface area contributed by atoms with Gasteiger partial charge in [0.05, 0.1) is 11.3 Å². The molecule has 2 rings (SSSR count). The lowest BCUT2D eigenvalue weighted by Gasteiger charge is -2.05. The smallest absolute Gasteiger partial charge is 0.280 e. The second-order valence-electron chi connectivity index (χ2n) is 4.59. The summed E-state index contributed by atoms with van der Waals surface area (Å²) in [7, 11) is 0. The first-order chi connectivity index (χ1) is 10.4. The van der Waals surface area contributed by atoms with Crippen LogP contribution in [0.2, 0.25) is 5.02 Å². The molecule has 0 radical (unpaired) electrons. The van der Waals surface area contributed by atoms with Gasteiger partial charge in [0.2, 0.25) is 5.91 Å². The van der Waals surface area contributed by atoms with Gasteiger partial charge < -0.3 is 5.73 Å². The minimum atomic E-state index is -0.642. The Kier molecular flexibility index (Phi) is 4.53. The molecule has 0 unspecified atom stereocenters. The van der Waals surface area contributed by atoms with Crippen molar-refractivity contribution in [2.45, 2.75) is 6.42 Å². The molecule has 6 nitrogen and oxygen atoms in total. The van der Waals surface area contributed by atoms with Crippen LogP contribution < -0.4 is 5.73 Å². The molecule has 0 bridgehead atoms. The Hall–Kier alpha value is -2.73. The summed E-state index contributed by atoms with van der Waals surface area (Å²) in [6.07, 6.45) is -0.0983. The SMILES string of the molecule is NC(=O)Cc1ccc([N+](=O)[O-])c(C(=O)c2ccc(Cl)cc2)c1. The van der Waals surface area contributed by atoms with Crippen molar-refractivity contribution in [2.75, 3.05) is 0 Å². The zero-order valence-corrected chi connectivity index (χ0v) is 12.0.